The van der Waals surface area contributed by atoms with E-state index in [-0.39, 0.29) is 5.56 Å². The molecule has 0 bridgehead atoms. The third-order valence-corrected chi connectivity index (χ3v) is 3.60. The Hall–Kier alpha value is -0.870. The highest BCUT2D eigenvalue weighted by molar-refractivity contribution is 6.33. The van der Waals surface area contributed by atoms with E-state index in [4.69, 9.17) is 11.6 Å². The molecular weight excluding hydrogens is 258 g/mol. The number of anilines is 1. The first-order valence-electron chi connectivity index (χ1n) is 6.19. The Morgan fingerprint density at radius 3 is 2.67 bits per heavy atom. The smallest absolute Gasteiger partial charge is 0.263 e. The van der Waals surface area contributed by atoms with Crippen LogP contribution in [0.3, 0.4) is 0 Å². The molecule has 0 amide bonds. The quantitative estimate of drug-likeness (QED) is 0.875. The lowest BCUT2D eigenvalue weighted by atomic mass is 9.98. The average molecular weight is 275 g/mol. The lowest BCUT2D eigenvalue weighted by molar-refractivity contribution is 0.151. The van der Waals surface area contributed by atoms with Gasteiger partial charge in [-0.05, 0) is 44.0 Å². The SMILES string of the molecule is FC(F)c1ccc(NCC2CCNCC2)c(Cl)c1. The molecule has 1 aliphatic heterocycles. The van der Waals surface area contributed by atoms with Crippen molar-refractivity contribution in [1.82, 2.24) is 5.32 Å². The fraction of sp³-hybridized carbons (Fsp3) is 0.538. The molecule has 0 spiro atoms. The summed E-state index contributed by atoms with van der Waals surface area (Å²) in [5.41, 5.74) is 0.701. The van der Waals surface area contributed by atoms with Gasteiger partial charge in [-0.2, -0.15) is 0 Å². The molecule has 2 N–H and O–H groups in total. The van der Waals surface area contributed by atoms with Crippen LogP contribution in [0, 0.1) is 5.92 Å². The minimum atomic E-state index is -2.47. The van der Waals surface area contributed by atoms with Gasteiger partial charge in [0.2, 0.25) is 0 Å². The summed E-state index contributed by atoms with van der Waals surface area (Å²) in [6.07, 6.45) is -0.194. The maximum absolute atomic E-state index is 12.5. The lowest BCUT2D eigenvalue weighted by Crippen LogP contribution is -2.31. The third kappa shape index (κ3) is 3.56. The van der Waals surface area contributed by atoms with Gasteiger partial charge in [-0.3, -0.25) is 0 Å². The molecule has 0 aliphatic carbocycles. The van der Waals surface area contributed by atoms with E-state index in [1.165, 1.54) is 12.1 Å². The molecule has 1 aliphatic rings. The topological polar surface area (TPSA) is 24.1 Å². The predicted molar refractivity (Wildman–Crippen MR) is 70.5 cm³/mol. The molecule has 100 valence electrons. The van der Waals surface area contributed by atoms with Crippen molar-refractivity contribution < 1.29 is 8.78 Å². The van der Waals surface area contributed by atoms with Crippen molar-refractivity contribution in [3.63, 3.8) is 0 Å². The van der Waals surface area contributed by atoms with Crippen molar-refractivity contribution in [3.05, 3.63) is 28.8 Å². The maximum Gasteiger partial charge on any atom is 0.263 e. The molecule has 0 unspecified atom stereocenters. The molecule has 0 saturated carbocycles. The second kappa shape index (κ2) is 6.34. The second-order valence-corrected chi connectivity index (χ2v) is 5.02. The summed E-state index contributed by atoms with van der Waals surface area (Å²) in [5, 5.41) is 6.91. The fourth-order valence-corrected chi connectivity index (χ4v) is 2.41. The molecule has 18 heavy (non-hydrogen) atoms. The maximum atomic E-state index is 12.5. The zero-order valence-corrected chi connectivity index (χ0v) is 10.8. The van der Waals surface area contributed by atoms with Gasteiger partial charge in [0, 0.05) is 12.1 Å². The Kier molecular flexibility index (Phi) is 4.78. The zero-order valence-electron chi connectivity index (χ0n) is 10.1. The second-order valence-electron chi connectivity index (χ2n) is 4.61. The Balaban J connectivity index is 1.92. The highest BCUT2D eigenvalue weighted by Crippen LogP contribution is 2.28. The van der Waals surface area contributed by atoms with Crippen molar-refractivity contribution in [2.45, 2.75) is 19.3 Å². The van der Waals surface area contributed by atoms with Gasteiger partial charge in [0.1, 0.15) is 0 Å². The largest absolute Gasteiger partial charge is 0.384 e. The van der Waals surface area contributed by atoms with Crippen LogP contribution in [0.15, 0.2) is 18.2 Å². The summed E-state index contributed by atoms with van der Waals surface area (Å²) < 4.78 is 24.9. The molecular formula is C13H17ClF2N2. The molecule has 2 nitrogen and oxygen atoms in total. The number of hydrogen-bond acceptors (Lipinski definition) is 2. The van der Waals surface area contributed by atoms with Crippen LogP contribution in [0.5, 0.6) is 0 Å². The first-order valence-corrected chi connectivity index (χ1v) is 6.57. The molecule has 1 fully saturated rings. The van der Waals surface area contributed by atoms with Gasteiger partial charge in [0.15, 0.2) is 0 Å². The van der Waals surface area contributed by atoms with E-state index in [1.54, 1.807) is 6.07 Å². The van der Waals surface area contributed by atoms with Crippen molar-refractivity contribution in [1.29, 1.82) is 0 Å². The Morgan fingerprint density at radius 1 is 1.33 bits per heavy atom. The summed E-state index contributed by atoms with van der Waals surface area (Å²) in [6.45, 7) is 2.93. The molecule has 1 aromatic rings. The van der Waals surface area contributed by atoms with Crippen molar-refractivity contribution in [2.75, 3.05) is 25.0 Å². The summed E-state index contributed by atoms with van der Waals surface area (Å²) in [5.74, 6) is 0.622. The van der Waals surface area contributed by atoms with E-state index in [0.717, 1.165) is 38.2 Å². The van der Waals surface area contributed by atoms with Gasteiger partial charge in [0.25, 0.3) is 6.43 Å². The van der Waals surface area contributed by atoms with Gasteiger partial charge in [0.05, 0.1) is 10.7 Å². The molecule has 0 radical (unpaired) electrons. The number of rotatable bonds is 4. The van der Waals surface area contributed by atoms with Crippen molar-refractivity contribution >= 4 is 17.3 Å². The number of halogens is 3. The third-order valence-electron chi connectivity index (χ3n) is 3.29. The van der Waals surface area contributed by atoms with E-state index in [0.29, 0.717) is 10.9 Å². The lowest BCUT2D eigenvalue weighted by Gasteiger charge is -2.23. The van der Waals surface area contributed by atoms with Crippen LogP contribution < -0.4 is 10.6 Å². The first-order chi connectivity index (χ1) is 8.66. The van der Waals surface area contributed by atoms with Gasteiger partial charge in [-0.15, -0.1) is 0 Å². The molecule has 2 rings (SSSR count). The predicted octanol–water partition coefficient (Wildman–Crippen LogP) is 3.69. The summed E-state index contributed by atoms with van der Waals surface area (Å²) in [6, 6.07) is 4.38. The van der Waals surface area contributed by atoms with Crippen molar-refractivity contribution in [3.8, 4) is 0 Å². The van der Waals surface area contributed by atoms with Gasteiger partial charge < -0.3 is 10.6 Å². The molecule has 1 saturated heterocycles. The molecule has 1 heterocycles. The van der Waals surface area contributed by atoms with Gasteiger partial charge in [-0.25, -0.2) is 8.78 Å². The Bertz CT molecular complexity index is 393. The van der Waals surface area contributed by atoms with Gasteiger partial charge >= 0.3 is 0 Å². The van der Waals surface area contributed by atoms with E-state index in [2.05, 4.69) is 10.6 Å². The number of benzene rings is 1. The monoisotopic (exact) mass is 274 g/mol. The van der Waals surface area contributed by atoms with E-state index < -0.39 is 6.43 Å². The number of hydrogen-bond donors (Lipinski definition) is 2. The van der Waals surface area contributed by atoms with E-state index in [1.807, 2.05) is 0 Å². The zero-order chi connectivity index (χ0) is 13.0. The summed E-state index contributed by atoms with van der Waals surface area (Å²) in [7, 11) is 0. The average Bonchev–Trinajstić information content (AvgIpc) is 2.38. The molecule has 0 aromatic heterocycles. The van der Waals surface area contributed by atoms with E-state index >= 15 is 0 Å². The molecule has 1 aromatic carbocycles. The summed E-state index contributed by atoms with van der Waals surface area (Å²) in [4.78, 5) is 0. The summed E-state index contributed by atoms with van der Waals surface area (Å²) >= 11 is 5.98. The molecule has 0 atom stereocenters. The number of piperidine rings is 1. The minimum absolute atomic E-state index is 0.0348. The molecule has 5 heteroatoms. The van der Waals surface area contributed by atoms with Crippen LogP contribution in [-0.4, -0.2) is 19.6 Å². The van der Waals surface area contributed by atoms with Crippen LogP contribution in [0.1, 0.15) is 24.8 Å². The van der Waals surface area contributed by atoms with Crippen LogP contribution >= 0.6 is 11.6 Å². The minimum Gasteiger partial charge on any atom is -0.384 e. The van der Waals surface area contributed by atoms with Crippen LogP contribution in [0.4, 0.5) is 14.5 Å². The number of nitrogens with one attached hydrogen (secondary N) is 2. The van der Waals surface area contributed by atoms with Crippen LogP contribution in [0.2, 0.25) is 5.02 Å². The van der Waals surface area contributed by atoms with Crippen molar-refractivity contribution in [2.24, 2.45) is 5.92 Å². The highest BCUT2D eigenvalue weighted by atomic mass is 35.5. The highest BCUT2D eigenvalue weighted by Gasteiger charge is 2.14. The van der Waals surface area contributed by atoms with Crippen LogP contribution in [0.25, 0.3) is 0 Å². The van der Waals surface area contributed by atoms with Gasteiger partial charge in [-0.1, -0.05) is 17.7 Å². The fourth-order valence-electron chi connectivity index (χ4n) is 2.15. The normalized spacial score (nSPS) is 17.1. The first kappa shape index (κ1) is 13.6. The van der Waals surface area contributed by atoms with E-state index in [9.17, 15) is 8.78 Å². The number of alkyl halides is 2. The Morgan fingerprint density at radius 2 is 2.06 bits per heavy atom. The Labute approximate surface area is 111 Å². The standard InChI is InChI=1S/C13H17ClF2N2/c14-11-7-10(13(15)16)1-2-12(11)18-8-9-3-5-17-6-4-9/h1-2,7,9,13,17-18H,3-6,8H2. The van der Waals surface area contributed by atoms with Crippen LogP contribution in [-0.2, 0) is 0 Å².